The molecule has 0 aromatic heterocycles. The van der Waals surface area contributed by atoms with Crippen LogP contribution in [-0.4, -0.2) is 17.0 Å². The molecule has 104 valence electrons. The van der Waals surface area contributed by atoms with Crippen molar-refractivity contribution in [3.05, 3.63) is 29.3 Å². The molecule has 0 saturated heterocycles. The molecule has 2 N–H and O–H groups in total. The highest BCUT2D eigenvalue weighted by Crippen LogP contribution is 2.18. The number of aryl methyl sites for hydroxylation is 2. The van der Waals surface area contributed by atoms with Crippen LogP contribution in [0.5, 0.6) is 0 Å². The molecule has 0 aliphatic rings. The number of nitrogens with one attached hydrogen (secondary N) is 1. The first-order valence-electron chi connectivity index (χ1n) is 6.54. The first kappa shape index (κ1) is 15.2. The van der Waals surface area contributed by atoms with E-state index in [9.17, 15) is 9.59 Å². The molecule has 0 aliphatic carbocycles. The Kier molecular flexibility index (Phi) is 5.55. The predicted molar refractivity (Wildman–Crippen MR) is 75.2 cm³/mol. The van der Waals surface area contributed by atoms with E-state index in [2.05, 4.69) is 5.32 Å². The molecule has 1 unspecified atom stereocenters. The number of carboxylic acid groups (broad SMARTS) is 1. The molecule has 1 rings (SSSR count). The lowest BCUT2D eigenvalue weighted by molar-refractivity contribution is -0.142. The van der Waals surface area contributed by atoms with Crippen LogP contribution in [0.3, 0.4) is 0 Å². The van der Waals surface area contributed by atoms with Crippen LogP contribution < -0.4 is 5.32 Å². The van der Waals surface area contributed by atoms with Gasteiger partial charge in [-0.15, -0.1) is 0 Å². The molecule has 4 heteroatoms. The summed E-state index contributed by atoms with van der Waals surface area (Å²) in [5.74, 6) is -1.40. The van der Waals surface area contributed by atoms with Crippen LogP contribution in [-0.2, 0) is 9.59 Å². The van der Waals surface area contributed by atoms with Gasteiger partial charge in [-0.1, -0.05) is 19.1 Å². The minimum atomic E-state index is -0.831. The number of carboxylic acids is 1. The summed E-state index contributed by atoms with van der Waals surface area (Å²) in [5, 5.41) is 11.8. The molecule has 4 nitrogen and oxygen atoms in total. The number of hydrogen-bond acceptors (Lipinski definition) is 2. The summed E-state index contributed by atoms with van der Waals surface area (Å²) in [4.78, 5) is 22.7. The molecular formula is C15H21NO3. The first-order chi connectivity index (χ1) is 8.93. The number of hydrogen-bond donors (Lipinski definition) is 2. The molecule has 1 aromatic carbocycles. The van der Waals surface area contributed by atoms with Crippen LogP contribution in [0.15, 0.2) is 18.2 Å². The minimum absolute atomic E-state index is 0.131. The largest absolute Gasteiger partial charge is 0.481 e. The molecule has 0 fully saturated rings. The first-order valence-corrected chi connectivity index (χ1v) is 6.54. The summed E-state index contributed by atoms with van der Waals surface area (Å²) in [7, 11) is 0. The summed E-state index contributed by atoms with van der Waals surface area (Å²) >= 11 is 0. The van der Waals surface area contributed by atoms with E-state index in [0.717, 1.165) is 16.8 Å². The van der Waals surface area contributed by atoms with Crippen molar-refractivity contribution in [3.63, 3.8) is 0 Å². The van der Waals surface area contributed by atoms with Gasteiger partial charge in [0.2, 0.25) is 5.91 Å². The topological polar surface area (TPSA) is 66.4 Å². The maximum absolute atomic E-state index is 11.8. The van der Waals surface area contributed by atoms with Crippen molar-refractivity contribution in [1.29, 1.82) is 0 Å². The molecule has 0 spiro atoms. The molecule has 0 saturated carbocycles. The zero-order chi connectivity index (χ0) is 14.4. The number of amides is 1. The summed E-state index contributed by atoms with van der Waals surface area (Å²) in [6.45, 7) is 5.72. The van der Waals surface area contributed by atoms with Crippen molar-refractivity contribution < 1.29 is 14.7 Å². The summed E-state index contributed by atoms with van der Waals surface area (Å²) in [5.41, 5.74) is 2.88. The van der Waals surface area contributed by atoms with Crippen LogP contribution in [0.25, 0.3) is 0 Å². The molecular weight excluding hydrogens is 242 g/mol. The van der Waals surface area contributed by atoms with Crippen molar-refractivity contribution in [1.82, 2.24) is 0 Å². The fraction of sp³-hybridized carbons (Fsp3) is 0.467. The second-order valence-corrected chi connectivity index (χ2v) is 4.85. The smallest absolute Gasteiger partial charge is 0.306 e. The van der Waals surface area contributed by atoms with Crippen LogP contribution >= 0.6 is 0 Å². The standard InChI is InChI=1S/C15H21NO3/c1-4-12(15(18)19)7-8-14(17)16-13-9-10(2)5-6-11(13)3/h5-6,9,12H,4,7-8H2,1-3H3,(H,16,17)(H,18,19). The normalized spacial score (nSPS) is 11.9. The SMILES string of the molecule is CCC(CCC(=O)Nc1cc(C)ccc1C)C(=O)O. The number of anilines is 1. The van der Waals surface area contributed by atoms with Gasteiger partial charge in [0.1, 0.15) is 0 Å². The Bertz CT molecular complexity index is 468. The zero-order valence-corrected chi connectivity index (χ0v) is 11.7. The molecule has 1 amide bonds. The van der Waals surface area contributed by atoms with Crippen molar-refractivity contribution in [2.75, 3.05) is 5.32 Å². The summed E-state index contributed by atoms with van der Waals surface area (Å²) in [6, 6.07) is 5.86. The van der Waals surface area contributed by atoms with Gasteiger partial charge in [-0.3, -0.25) is 9.59 Å². The number of rotatable bonds is 6. The van der Waals surface area contributed by atoms with Gasteiger partial charge in [-0.2, -0.15) is 0 Å². The Labute approximate surface area is 113 Å². The summed E-state index contributed by atoms with van der Waals surface area (Å²) < 4.78 is 0. The highest BCUT2D eigenvalue weighted by atomic mass is 16.4. The van der Waals surface area contributed by atoms with Crippen LogP contribution in [0, 0.1) is 19.8 Å². The van der Waals surface area contributed by atoms with Gasteiger partial charge in [0.15, 0.2) is 0 Å². The second-order valence-electron chi connectivity index (χ2n) is 4.85. The maximum atomic E-state index is 11.8. The van der Waals surface area contributed by atoms with Gasteiger partial charge in [0.25, 0.3) is 0 Å². The number of aliphatic carboxylic acids is 1. The predicted octanol–water partition coefficient (Wildman–Crippen LogP) is 3.13. The summed E-state index contributed by atoms with van der Waals surface area (Å²) in [6.07, 6.45) is 1.16. The van der Waals surface area contributed by atoms with Crippen molar-refractivity contribution in [3.8, 4) is 0 Å². The van der Waals surface area contributed by atoms with Crippen LogP contribution in [0.4, 0.5) is 5.69 Å². The fourth-order valence-corrected chi connectivity index (χ4v) is 1.89. The average Bonchev–Trinajstić information content (AvgIpc) is 2.34. The van der Waals surface area contributed by atoms with Crippen LogP contribution in [0.1, 0.15) is 37.3 Å². The highest BCUT2D eigenvalue weighted by Gasteiger charge is 2.16. The molecule has 1 aromatic rings. The van der Waals surface area contributed by atoms with E-state index in [-0.39, 0.29) is 12.3 Å². The van der Waals surface area contributed by atoms with Crippen molar-refractivity contribution in [2.24, 2.45) is 5.92 Å². The lowest BCUT2D eigenvalue weighted by atomic mass is 10.0. The molecule has 0 aliphatic heterocycles. The minimum Gasteiger partial charge on any atom is -0.481 e. The third-order valence-electron chi connectivity index (χ3n) is 3.23. The van der Waals surface area contributed by atoms with Gasteiger partial charge in [0, 0.05) is 12.1 Å². The molecule has 0 radical (unpaired) electrons. The van der Waals surface area contributed by atoms with Gasteiger partial charge in [-0.05, 0) is 43.9 Å². The fourth-order valence-electron chi connectivity index (χ4n) is 1.89. The van der Waals surface area contributed by atoms with Crippen molar-refractivity contribution >= 4 is 17.6 Å². The van der Waals surface area contributed by atoms with E-state index in [4.69, 9.17) is 5.11 Å². The molecule has 19 heavy (non-hydrogen) atoms. The number of carbonyl (C=O) groups excluding carboxylic acids is 1. The number of benzene rings is 1. The third-order valence-corrected chi connectivity index (χ3v) is 3.23. The van der Waals surface area contributed by atoms with E-state index in [1.54, 1.807) is 0 Å². The Morgan fingerprint density at radius 3 is 2.58 bits per heavy atom. The van der Waals surface area contributed by atoms with Crippen molar-refractivity contribution in [2.45, 2.75) is 40.0 Å². The van der Waals surface area contributed by atoms with Gasteiger partial charge in [0.05, 0.1) is 5.92 Å². The lowest BCUT2D eigenvalue weighted by Gasteiger charge is -2.11. The molecule has 0 bridgehead atoms. The van der Waals surface area contributed by atoms with Gasteiger partial charge >= 0.3 is 5.97 Å². The van der Waals surface area contributed by atoms with E-state index in [1.807, 2.05) is 39.0 Å². The van der Waals surface area contributed by atoms with E-state index in [0.29, 0.717) is 12.8 Å². The van der Waals surface area contributed by atoms with Gasteiger partial charge in [-0.25, -0.2) is 0 Å². The Balaban J connectivity index is 2.56. The average molecular weight is 263 g/mol. The quantitative estimate of drug-likeness (QED) is 0.828. The molecule has 0 heterocycles. The van der Waals surface area contributed by atoms with E-state index in [1.165, 1.54) is 0 Å². The maximum Gasteiger partial charge on any atom is 0.306 e. The monoisotopic (exact) mass is 263 g/mol. The molecule has 1 atom stereocenters. The van der Waals surface area contributed by atoms with E-state index >= 15 is 0 Å². The second kappa shape index (κ2) is 6.92. The lowest BCUT2D eigenvalue weighted by Crippen LogP contribution is -2.18. The van der Waals surface area contributed by atoms with Gasteiger partial charge < -0.3 is 10.4 Å². The van der Waals surface area contributed by atoms with Crippen LogP contribution in [0.2, 0.25) is 0 Å². The Morgan fingerprint density at radius 1 is 1.32 bits per heavy atom. The highest BCUT2D eigenvalue weighted by molar-refractivity contribution is 5.91. The zero-order valence-electron chi connectivity index (χ0n) is 11.7. The van der Waals surface area contributed by atoms with E-state index < -0.39 is 11.9 Å². The Morgan fingerprint density at radius 2 is 2.00 bits per heavy atom. The number of carbonyl (C=O) groups is 2. The third kappa shape index (κ3) is 4.73. The Hall–Kier alpha value is -1.84.